The molecule has 2 aromatic rings. The maximum atomic E-state index is 12.2. The smallest absolute Gasteiger partial charge is 0.327 e. The normalized spacial score (nSPS) is 16.8. The van der Waals surface area contributed by atoms with Crippen molar-refractivity contribution in [2.24, 2.45) is 5.92 Å². The quantitative estimate of drug-likeness (QED) is 0.610. The Balaban J connectivity index is 0.00000144. The maximum absolute atomic E-state index is 12.2. The van der Waals surface area contributed by atoms with Crippen molar-refractivity contribution in [1.29, 1.82) is 0 Å². The molecule has 3 heterocycles. The van der Waals surface area contributed by atoms with Gasteiger partial charge < -0.3 is 10.6 Å². The lowest BCUT2D eigenvalue weighted by Crippen LogP contribution is -2.38. The summed E-state index contributed by atoms with van der Waals surface area (Å²) >= 11 is 0. The van der Waals surface area contributed by atoms with Crippen molar-refractivity contribution in [1.82, 2.24) is 25.6 Å². The van der Waals surface area contributed by atoms with Gasteiger partial charge in [-0.05, 0) is 37.9 Å². The molecule has 1 fully saturated rings. The van der Waals surface area contributed by atoms with Gasteiger partial charge in [-0.1, -0.05) is 0 Å². The predicted octanol–water partition coefficient (Wildman–Crippen LogP) is 0.184. The molecular weight excluding hydrogens is 357 g/mol. The molecule has 0 aromatic carbocycles. The first-order chi connectivity index (χ1) is 10.6. The molecule has 1 amide bonds. The van der Waals surface area contributed by atoms with E-state index in [0.29, 0.717) is 18.0 Å². The number of halogens is 2. The molecule has 10 heteroatoms. The van der Waals surface area contributed by atoms with Crippen LogP contribution in [-0.2, 0) is 0 Å². The second-order valence-electron chi connectivity index (χ2n) is 5.45. The highest BCUT2D eigenvalue weighted by atomic mass is 35.5. The van der Waals surface area contributed by atoms with Crippen LogP contribution >= 0.6 is 24.8 Å². The average Bonchev–Trinajstić information content (AvgIpc) is 2.53. The number of hydrogen-bond acceptors (Lipinski definition) is 5. The number of rotatable bonds is 3. The Morgan fingerprint density at radius 2 is 2.08 bits per heavy atom. The Morgan fingerprint density at radius 3 is 2.79 bits per heavy atom. The fourth-order valence-electron chi connectivity index (χ4n) is 2.61. The molecular formula is C14H19Cl2N5O3. The minimum atomic E-state index is -0.619. The van der Waals surface area contributed by atoms with Crippen LogP contribution in [-0.4, -0.2) is 40.5 Å². The summed E-state index contributed by atoms with van der Waals surface area (Å²) in [5.74, 6) is 0.149. The third-order valence-electron chi connectivity index (χ3n) is 3.80. The van der Waals surface area contributed by atoms with E-state index in [2.05, 4.69) is 25.6 Å². The van der Waals surface area contributed by atoms with E-state index in [1.54, 1.807) is 0 Å². The van der Waals surface area contributed by atoms with Crippen LogP contribution in [0.4, 0.5) is 0 Å². The molecule has 0 radical (unpaired) electrons. The van der Waals surface area contributed by atoms with Crippen LogP contribution in [0.15, 0.2) is 21.9 Å². The molecule has 0 spiro atoms. The minimum Gasteiger partial charge on any atom is -0.352 e. The summed E-state index contributed by atoms with van der Waals surface area (Å²) in [7, 11) is 0. The van der Waals surface area contributed by atoms with Crippen molar-refractivity contribution in [3.05, 3.63) is 38.7 Å². The van der Waals surface area contributed by atoms with Crippen molar-refractivity contribution in [2.45, 2.75) is 12.8 Å². The van der Waals surface area contributed by atoms with Crippen LogP contribution in [0.5, 0.6) is 0 Å². The highest BCUT2D eigenvalue weighted by Gasteiger charge is 2.15. The van der Waals surface area contributed by atoms with E-state index in [4.69, 9.17) is 0 Å². The van der Waals surface area contributed by atoms with Crippen LogP contribution in [0.2, 0.25) is 0 Å². The lowest BCUT2D eigenvalue weighted by Gasteiger charge is -2.22. The first-order valence-corrected chi connectivity index (χ1v) is 7.25. The topological polar surface area (TPSA) is 120 Å². The number of nitrogens with one attached hydrogen (secondary N) is 4. The molecule has 1 atom stereocenters. The fraction of sp³-hybridized carbons (Fsp3) is 0.429. The van der Waals surface area contributed by atoms with Gasteiger partial charge in [0.05, 0.1) is 10.9 Å². The van der Waals surface area contributed by atoms with Crippen LogP contribution in [0, 0.1) is 5.92 Å². The molecule has 0 bridgehead atoms. The second kappa shape index (κ2) is 8.81. The molecule has 8 nitrogen and oxygen atoms in total. The molecule has 4 N–H and O–H groups in total. The van der Waals surface area contributed by atoms with Gasteiger partial charge in [0.25, 0.3) is 11.5 Å². The van der Waals surface area contributed by atoms with Gasteiger partial charge >= 0.3 is 5.69 Å². The Labute approximate surface area is 149 Å². The monoisotopic (exact) mass is 375 g/mol. The molecule has 24 heavy (non-hydrogen) atoms. The summed E-state index contributed by atoms with van der Waals surface area (Å²) in [6.45, 7) is 2.52. The van der Waals surface area contributed by atoms with Crippen molar-refractivity contribution in [2.75, 3.05) is 19.6 Å². The molecule has 132 valence electrons. The molecule has 1 aliphatic heterocycles. The summed E-state index contributed by atoms with van der Waals surface area (Å²) < 4.78 is 0. The van der Waals surface area contributed by atoms with Crippen LogP contribution in [0.25, 0.3) is 11.0 Å². The van der Waals surface area contributed by atoms with Gasteiger partial charge in [-0.15, -0.1) is 24.8 Å². The zero-order chi connectivity index (χ0) is 15.5. The van der Waals surface area contributed by atoms with E-state index < -0.39 is 11.2 Å². The lowest BCUT2D eigenvalue weighted by molar-refractivity contribution is 0.0944. The van der Waals surface area contributed by atoms with Crippen molar-refractivity contribution in [3.8, 4) is 0 Å². The number of piperidine rings is 1. The first-order valence-electron chi connectivity index (χ1n) is 7.25. The summed E-state index contributed by atoms with van der Waals surface area (Å²) in [5, 5.41) is 6.34. The van der Waals surface area contributed by atoms with Gasteiger partial charge in [-0.2, -0.15) is 0 Å². The van der Waals surface area contributed by atoms with E-state index in [1.807, 2.05) is 0 Å². The van der Waals surface area contributed by atoms with Crippen molar-refractivity contribution in [3.63, 3.8) is 0 Å². The molecule has 1 aliphatic rings. The summed E-state index contributed by atoms with van der Waals surface area (Å²) in [4.78, 5) is 43.5. The molecule has 3 rings (SSSR count). The van der Waals surface area contributed by atoms with Gasteiger partial charge in [0.15, 0.2) is 0 Å². The van der Waals surface area contributed by atoms with E-state index in [9.17, 15) is 14.4 Å². The Hall–Kier alpha value is -1.90. The number of carbonyl (C=O) groups is 1. The second-order valence-corrected chi connectivity index (χ2v) is 5.45. The minimum absolute atomic E-state index is 0. The maximum Gasteiger partial charge on any atom is 0.327 e. The highest BCUT2D eigenvalue weighted by molar-refractivity contribution is 5.96. The number of nitrogens with zero attached hydrogens (tertiary/aromatic N) is 1. The van der Waals surface area contributed by atoms with Gasteiger partial charge in [0.2, 0.25) is 0 Å². The van der Waals surface area contributed by atoms with Crippen LogP contribution < -0.4 is 21.9 Å². The number of amides is 1. The van der Waals surface area contributed by atoms with Gasteiger partial charge in [-0.25, -0.2) is 9.78 Å². The highest BCUT2D eigenvalue weighted by Crippen LogP contribution is 2.09. The van der Waals surface area contributed by atoms with Gasteiger partial charge in [0, 0.05) is 12.7 Å². The molecule has 1 saturated heterocycles. The zero-order valence-electron chi connectivity index (χ0n) is 12.8. The van der Waals surface area contributed by atoms with E-state index >= 15 is 0 Å². The average molecular weight is 376 g/mol. The number of pyridine rings is 1. The largest absolute Gasteiger partial charge is 0.352 e. The summed E-state index contributed by atoms with van der Waals surface area (Å²) in [6, 6.07) is 1.44. The number of fused-ring (bicyclic) bond motifs is 1. The van der Waals surface area contributed by atoms with E-state index in [-0.39, 0.29) is 41.8 Å². The third-order valence-corrected chi connectivity index (χ3v) is 3.80. The number of aromatic nitrogens is 3. The van der Waals surface area contributed by atoms with Gasteiger partial charge in [-0.3, -0.25) is 19.6 Å². The number of aromatic amines is 2. The third kappa shape index (κ3) is 4.56. The van der Waals surface area contributed by atoms with Crippen LogP contribution in [0.1, 0.15) is 23.2 Å². The van der Waals surface area contributed by atoms with Crippen LogP contribution in [0.3, 0.4) is 0 Å². The Kier molecular flexibility index (Phi) is 7.40. The SMILES string of the molecule is Cl.Cl.O=C(NCC1CCCNC1)c1cnc2[nH]c(=O)[nH]c(=O)c2c1. The number of carbonyl (C=O) groups excluding carboxylic acids is 1. The number of hydrogen-bond donors (Lipinski definition) is 4. The number of H-pyrrole nitrogens is 2. The Morgan fingerprint density at radius 1 is 1.29 bits per heavy atom. The summed E-state index contributed by atoms with van der Waals surface area (Å²) in [6.07, 6.45) is 3.55. The predicted molar refractivity (Wildman–Crippen MR) is 95.4 cm³/mol. The van der Waals surface area contributed by atoms with E-state index in [1.165, 1.54) is 12.3 Å². The lowest BCUT2D eigenvalue weighted by atomic mass is 10.00. The van der Waals surface area contributed by atoms with Crippen molar-refractivity contribution >= 4 is 41.8 Å². The Bertz CT molecular complexity index is 814. The van der Waals surface area contributed by atoms with Gasteiger partial charge in [0.1, 0.15) is 5.65 Å². The molecule has 0 saturated carbocycles. The molecule has 0 aliphatic carbocycles. The fourth-order valence-corrected chi connectivity index (χ4v) is 2.61. The molecule has 2 aromatic heterocycles. The first kappa shape index (κ1) is 20.1. The molecule has 1 unspecified atom stereocenters. The standard InChI is InChI=1S/C14H17N5O3.2ClH/c20-12(17-6-8-2-1-3-15-5-8)9-4-10-11(16-7-9)18-14(22)19-13(10)21;;/h4,7-8,15H,1-3,5-6H2,(H,17,20)(H2,16,18,19,21,22);2*1H. The zero-order valence-corrected chi connectivity index (χ0v) is 14.4. The summed E-state index contributed by atoms with van der Waals surface area (Å²) in [5.41, 5.74) is -0.708. The van der Waals surface area contributed by atoms with E-state index in [0.717, 1.165) is 25.9 Å². The van der Waals surface area contributed by atoms with Crippen molar-refractivity contribution < 1.29 is 4.79 Å².